The maximum atomic E-state index is 13.0. The van der Waals surface area contributed by atoms with Crippen molar-refractivity contribution in [3.05, 3.63) is 85.3 Å². The standard InChI is InChI=1S/C28H32N4O2S/c1-4-20(3)10-8-9-16-32(17-15-30-26(33)5-2)27(34)19-31-21-13-14-25-23(18-21)28(29)22-11-6-7-12-24(22)35-25/h4-7,11-14,18,29,31H,1-3,8-10,15-17,19H2,(H,30,33). The molecular formula is C28H32N4O2S. The number of allylic oxidation sites excluding steroid dienone is 2. The predicted octanol–water partition coefficient (Wildman–Crippen LogP) is 4.99. The average molecular weight is 489 g/mol. The molecular weight excluding hydrogens is 456 g/mol. The van der Waals surface area contributed by atoms with Gasteiger partial charge in [0.05, 0.1) is 11.9 Å². The van der Waals surface area contributed by atoms with Crippen molar-refractivity contribution in [2.75, 3.05) is 31.5 Å². The smallest absolute Gasteiger partial charge is 0.243 e. The Morgan fingerprint density at radius 2 is 1.77 bits per heavy atom. The fourth-order valence-corrected chi connectivity index (χ4v) is 4.81. The molecule has 0 saturated heterocycles. The van der Waals surface area contributed by atoms with Gasteiger partial charge >= 0.3 is 0 Å². The third-order valence-corrected chi connectivity index (χ3v) is 6.90. The molecule has 0 bridgehead atoms. The van der Waals surface area contributed by atoms with Gasteiger partial charge in [0.1, 0.15) is 0 Å². The lowest BCUT2D eigenvalue weighted by Gasteiger charge is -2.23. The Labute approximate surface area is 210 Å². The molecule has 0 aliphatic heterocycles. The lowest BCUT2D eigenvalue weighted by Crippen LogP contribution is -2.41. The molecule has 0 spiro atoms. The lowest BCUT2D eigenvalue weighted by molar-refractivity contribution is -0.129. The van der Waals surface area contributed by atoms with Crippen LogP contribution in [0, 0.1) is 5.41 Å². The van der Waals surface area contributed by atoms with E-state index in [2.05, 4.69) is 30.4 Å². The van der Waals surface area contributed by atoms with Crippen molar-refractivity contribution >= 4 is 49.0 Å². The van der Waals surface area contributed by atoms with Crippen LogP contribution >= 0.6 is 11.3 Å². The Kier molecular flexibility index (Phi) is 9.38. The first-order valence-corrected chi connectivity index (χ1v) is 12.5. The van der Waals surface area contributed by atoms with Gasteiger partial charge in [0.2, 0.25) is 11.8 Å². The van der Waals surface area contributed by atoms with Gasteiger partial charge in [-0.15, -0.1) is 11.3 Å². The van der Waals surface area contributed by atoms with E-state index in [-0.39, 0.29) is 18.4 Å². The van der Waals surface area contributed by atoms with Gasteiger partial charge < -0.3 is 15.5 Å². The van der Waals surface area contributed by atoms with E-state index in [0.717, 1.165) is 50.7 Å². The molecule has 2 aromatic carbocycles. The summed E-state index contributed by atoms with van der Waals surface area (Å²) in [7, 11) is 0. The molecule has 1 aromatic heterocycles. The SMILES string of the molecule is C=CC(=C)CCCCN(CCNC(=O)C=C)C(=O)CNc1ccc2sc3ccccc3c(=N)c2c1. The van der Waals surface area contributed by atoms with E-state index in [0.29, 0.717) is 25.0 Å². The summed E-state index contributed by atoms with van der Waals surface area (Å²) in [6.45, 7) is 12.6. The summed E-state index contributed by atoms with van der Waals surface area (Å²) < 4.78 is 2.11. The number of carbonyl (C=O) groups is 2. The lowest BCUT2D eigenvalue weighted by atomic mass is 10.1. The fraction of sp³-hybridized carbons (Fsp3) is 0.250. The van der Waals surface area contributed by atoms with Crippen molar-refractivity contribution in [1.29, 1.82) is 5.41 Å². The summed E-state index contributed by atoms with van der Waals surface area (Å²) >= 11 is 1.65. The molecule has 0 unspecified atom stereocenters. The minimum Gasteiger partial charge on any atom is -0.376 e. The first-order chi connectivity index (χ1) is 16.9. The number of nitrogens with zero attached hydrogens (tertiary/aromatic N) is 1. The van der Waals surface area contributed by atoms with Crippen LogP contribution in [-0.2, 0) is 9.59 Å². The average Bonchev–Trinajstić information content (AvgIpc) is 2.88. The van der Waals surface area contributed by atoms with Crippen molar-refractivity contribution in [1.82, 2.24) is 10.2 Å². The van der Waals surface area contributed by atoms with Crippen molar-refractivity contribution in [2.24, 2.45) is 0 Å². The van der Waals surface area contributed by atoms with Crippen molar-refractivity contribution in [3.8, 4) is 0 Å². The van der Waals surface area contributed by atoms with Gasteiger partial charge in [-0.2, -0.15) is 0 Å². The summed E-state index contributed by atoms with van der Waals surface area (Å²) in [5.74, 6) is -0.304. The molecule has 6 nitrogen and oxygen atoms in total. The van der Waals surface area contributed by atoms with E-state index in [1.165, 1.54) is 6.08 Å². The topological polar surface area (TPSA) is 85.3 Å². The Balaban J connectivity index is 1.66. The zero-order valence-electron chi connectivity index (χ0n) is 19.9. The zero-order chi connectivity index (χ0) is 25.2. The number of amides is 2. The molecule has 0 radical (unpaired) electrons. The summed E-state index contributed by atoms with van der Waals surface area (Å²) in [5.41, 5.74) is 1.78. The largest absolute Gasteiger partial charge is 0.376 e. The van der Waals surface area contributed by atoms with Crippen molar-refractivity contribution in [2.45, 2.75) is 19.3 Å². The number of hydrogen-bond donors (Lipinski definition) is 3. The van der Waals surface area contributed by atoms with Crippen molar-refractivity contribution < 1.29 is 9.59 Å². The Morgan fingerprint density at radius 3 is 2.54 bits per heavy atom. The van der Waals surface area contributed by atoms with Crippen LogP contribution in [0.1, 0.15) is 19.3 Å². The highest BCUT2D eigenvalue weighted by atomic mass is 32.1. The Hall–Kier alpha value is -3.71. The first kappa shape index (κ1) is 25.9. The minimum absolute atomic E-state index is 0.0482. The summed E-state index contributed by atoms with van der Waals surface area (Å²) in [6, 6.07) is 13.8. The second-order valence-electron chi connectivity index (χ2n) is 8.23. The van der Waals surface area contributed by atoms with Crippen LogP contribution in [0.4, 0.5) is 5.69 Å². The van der Waals surface area contributed by atoms with Crippen molar-refractivity contribution in [3.63, 3.8) is 0 Å². The van der Waals surface area contributed by atoms with Gasteiger partial charge in [-0.05, 0) is 49.6 Å². The third-order valence-electron chi connectivity index (χ3n) is 5.75. The maximum Gasteiger partial charge on any atom is 0.243 e. The number of carbonyl (C=O) groups excluding carboxylic acids is 2. The van der Waals surface area contributed by atoms with E-state index in [1.54, 1.807) is 22.3 Å². The van der Waals surface area contributed by atoms with E-state index in [9.17, 15) is 9.59 Å². The number of unbranched alkanes of at least 4 members (excludes halogenated alkanes) is 1. The highest BCUT2D eigenvalue weighted by Gasteiger charge is 2.14. The molecule has 3 aromatic rings. The number of hydrogen-bond acceptors (Lipinski definition) is 5. The molecule has 0 aliphatic carbocycles. The molecule has 0 fully saturated rings. The summed E-state index contributed by atoms with van der Waals surface area (Å²) in [5, 5.41) is 16.9. The summed E-state index contributed by atoms with van der Waals surface area (Å²) in [6.07, 6.45) is 5.57. The number of nitrogens with one attached hydrogen (secondary N) is 3. The predicted molar refractivity (Wildman–Crippen MR) is 147 cm³/mol. The molecule has 2 amide bonds. The molecule has 0 atom stereocenters. The van der Waals surface area contributed by atoms with Crippen LogP contribution in [0.25, 0.3) is 20.2 Å². The minimum atomic E-state index is -0.256. The van der Waals surface area contributed by atoms with Gasteiger partial charge in [0.25, 0.3) is 0 Å². The van der Waals surface area contributed by atoms with E-state index >= 15 is 0 Å². The second kappa shape index (κ2) is 12.7. The van der Waals surface area contributed by atoms with Gasteiger partial charge in [-0.25, -0.2) is 0 Å². The first-order valence-electron chi connectivity index (χ1n) is 11.6. The van der Waals surface area contributed by atoms with Crippen LogP contribution in [0.2, 0.25) is 0 Å². The maximum absolute atomic E-state index is 13.0. The zero-order valence-corrected chi connectivity index (χ0v) is 20.8. The highest BCUT2D eigenvalue weighted by molar-refractivity contribution is 7.24. The molecule has 0 saturated carbocycles. The van der Waals surface area contributed by atoms with E-state index < -0.39 is 0 Å². The summed E-state index contributed by atoms with van der Waals surface area (Å²) in [4.78, 5) is 26.3. The Morgan fingerprint density at radius 1 is 1.00 bits per heavy atom. The fourth-order valence-electron chi connectivity index (χ4n) is 3.74. The van der Waals surface area contributed by atoms with Crippen LogP contribution in [0.5, 0.6) is 0 Å². The van der Waals surface area contributed by atoms with Gasteiger partial charge in [-0.1, -0.05) is 49.6 Å². The molecule has 35 heavy (non-hydrogen) atoms. The molecule has 3 rings (SSSR count). The molecule has 7 heteroatoms. The molecule has 3 N–H and O–H groups in total. The third kappa shape index (κ3) is 7.13. The molecule has 1 heterocycles. The molecule has 182 valence electrons. The Bertz CT molecular complexity index is 1310. The second-order valence-corrected chi connectivity index (χ2v) is 9.32. The quantitative estimate of drug-likeness (QED) is 0.137. The monoisotopic (exact) mass is 488 g/mol. The van der Waals surface area contributed by atoms with E-state index in [1.807, 2.05) is 42.5 Å². The number of anilines is 1. The highest BCUT2D eigenvalue weighted by Crippen LogP contribution is 2.26. The normalized spacial score (nSPS) is 10.6. The number of benzene rings is 2. The number of rotatable bonds is 13. The number of fused-ring (bicyclic) bond motifs is 2. The van der Waals surface area contributed by atoms with Crippen LogP contribution in [-0.4, -0.2) is 42.9 Å². The van der Waals surface area contributed by atoms with Gasteiger partial charge in [0, 0.05) is 45.5 Å². The van der Waals surface area contributed by atoms with Gasteiger partial charge in [0.15, 0.2) is 0 Å². The van der Waals surface area contributed by atoms with Crippen LogP contribution < -0.4 is 16.0 Å². The van der Waals surface area contributed by atoms with Crippen LogP contribution in [0.3, 0.4) is 0 Å². The van der Waals surface area contributed by atoms with Crippen LogP contribution in [0.15, 0.2) is 79.9 Å². The molecule has 0 aliphatic rings. The van der Waals surface area contributed by atoms with E-state index in [4.69, 9.17) is 5.41 Å². The van der Waals surface area contributed by atoms with Gasteiger partial charge in [-0.3, -0.25) is 15.0 Å².